The van der Waals surface area contributed by atoms with Gasteiger partial charge >= 0.3 is 6.18 Å². The first kappa shape index (κ1) is 15.3. The van der Waals surface area contributed by atoms with Crippen molar-refractivity contribution < 1.29 is 17.6 Å². The molecule has 1 heterocycles. The number of aromatic nitrogens is 1. The summed E-state index contributed by atoms with van der Waals surface area (Å²) in [7, 11) is 0. The highest BCUT2D eigenvalue weighted by Gasteiger charge is 2.30. The maximum atomic E-state index is 13.5. The van der Waals surface area contributed by atoms with Crippen LogP contribution in [0.25, 0.3) is 0 Å². The van der Waals surface area contributed by atoms with Crippen molar-refractivity contribution in [2.24, 2.45) is 0 Å². The molecule has 0 spiro atoms. The van der Waals surface area contributed by atoms with Crippen molar-refractivity contribution in [3.63, 3.8) is 0 Å². The number of halogens is 4. The van der Waals surface area contributed by atoms with Crippen molar-refractivity contribution in [3.8, 4) is 6.07 Å². The summed E-state index contributed by atoms with van der Waals surface area (Å²) < 4.78 is 50.7. The highest BCUT2D eigenvalue weighted by molar-refractivity contribution is 7.98. The molecule has 0 fully saturated rings. The fourth-order valence-electron chi connectivity index (χ4n) is 1.54. The molecule has 0 aliphatic rings. The summed E-state index contributed by atoms with van der Waals surface area (Å²) in [5.41, 5.74) is -0.197. The van der Waals surface area contributed by atoms with Crippen molar-refractivity contribution in [3.05, 3.63) is 59.0 Å². The SMILES string of the molecule is N#Cc1ccc(F)c(CSc2ccc(C(F)(F)F)cn2)c1. The van der Waals surface area contributed by atoms with Crippen LogP contribution in [0.2, 0.25) is 0 Å². The van der Waals surface area contributed by atoms with Crippen LogP contribution in [0.15, 0.2) is 41.6 Å². The molecule has 0 radical (unpaired) electrons. The van der Waals surface area contributed by atoms with E-state index < -0.39 is 17.6 Å². The first-order chi connectivity index (χ1) is 9.90. The average Bonchev–Trinajstić information content (AvgIpc) is 2.46. The molecule has 0 bridgehead atoms. The van der Waals surface area contributed by atoms with Crippen LogP contribution in [-0.4, -0.2) is 4.98 Å². The molecule has 0 unspecified atom stereocenters. The van der Waals surface area contributed by atoms with Gasteiger partial charge in [-0.3, -0.25) is 0 Å². The zero-order chi connectivity index (χ0) is 15.5. The molecule has 2 rings (SSSR count). The van der Waals surface area contributed by atoms with Crippen LogP contribution in [0.5, 0.6) is 0 Å². The van der Waals surface area contributed by atoms with Gasteiger partial charge in [-0.1, -0.05) is 0 Å². The molecular weight excluding hydrogens is 304 g/mol. The van der Waals surface area contributed by atoms with E-state index in [2.05, 4.69) is 4.98 Å². The van der Waals surface area contributed by atoms with E-state index in [1.165, 1.54) is 24.3 Å². The number of hydrogen-bond acceptors (Lipinski definition) is 3. The van der Waals surface area contributed by atoms with E-state index in [0.29, 0.717) is 16.2 Å². The van der Waals surface area contributed by atoms with E-state index in [0.717, 1.165) is 24.0 Å². The Labute approximate surface area is 122 Å². The van der Waals surface area contributed by atoms with Gasteiger partial charge in [0.25, 0.3) is 0 Å². The maximum Gasteiger partial charge on any atom is 0.417 e. The zero-order valence-corrected chi connectivity index (χ0v) is 11.3. The highest BCUT2D eigenvalue weighted by atomic mass is 32.2. The maximum absolute atomic E-state index is 13.5. The summed E-state index contributed by atoms with van der Waals surface area (Å²) in [6.07, 6.45) is -3.69. The Morgan fingerprint density at radius 1 is 1.19 bits per heavy atom. The molecule has 21 heavy (non-hydrogen) atoms. The number of nitrogens with zero attached hydrogens (tertiary/aromatic N) is 2. The van der Waals surface area contributed by atoms with Gasteiger partial charge in [0.15, 0.2) is 0 Å². The first-order valence-corrected chi connectivity index (χ1v) is 6.73. The van der Waals surface area contributed by atoms with Gasteiger partial charge in [0, 0.05) is 11.9 Å². The van der Waals surface area contributed by atoms with Crippen molar-refractivity contribution in [2.75, 3.05) is 0 Å². The predicted molar refractivity (Wildman–Crippen MR) is 69.9 cm³/mol. The fraction of sp³-hybridized carbons (Fsp3) is 0.143. The van der Waals surface area contributed by atoms with Crippen LogP contribution in [0.4, 0.5) is 17.6 Å². The second-order valence-corrected chi connectivity index (χ2v) is 5.09. The molecule has 0 amide bonds. The predicted octanol–water partition coefficient (Wildman–Crippen LogP) is 4.40. The summed E-state index contributed by atoms with van der Waals surface area (Å²) in [5.74, 6) is -0.284. The number of pyridine rings is 1. The lowest BCUT2D eigenvalue weighted by Gasteiger charge is -2.07. The molecule has 0 saturated heterocycles. The molecule has 1 aromatic heterocycles. The Morgan fingerprint density at radius 2 is 1.95 bits per heavy atom. The lowest BCUT2D eigenvalue weighted by molar-refractivity contribution is -0.137. The number of alkyl halides is 3. The van der Waals surface area contributed by atoms with Gasteiger partial charge < -0.3 is 0 Å². The lowest BCUT2D eigenvalue weighted by atomic mass is 10.1. The van der Waals surface area contributed by atoms with Gasteiger partial charge in [-0.05, 0) is 35.9 Å². The van der Waals surface area contributed by atoms with Gasteiger partial charge in [0.2, 0.25) is 0 Å². The standard InChI is InChI=1S/C14H8F4N2S/c15-12-3-1-9(6-19)5-10(12)8-21-13-4-2-11(7-20-13)14(16,17)18/h1-5,7H,8H2. The molecule has 1 aromatic carbocycles. The Kier molecular flexibility index (Phi) is 4.48. The summed E-state index contributed by atoms with van der Waals surface area (Å²) in [6.45, 7) is 0. The topological polar surface area (TPSA) is 36.7 Å². The number of nitriles is 1. The smallest absolute Gasteiger partial charge is 0.249 e. The Bertz CT molecular complexity index is 675. The number of rotatable bonds is 3. The van der Waals surface area contributed by atoms with Crippen molar-refractivity contribution in [2.45, 2.75) is 17.0 Å². The van der Waals surface area contributed by atoms with Crippen LogP contribution in [0.3, 0.4) is 0 Å². The molecule has 2 nitrogen and oxygen atoms in total. The van der Waals surface area contributed by atoms with Crippen molar-refractivity contribution in [1.29, 1.82) is 5.26 Å². The van der Waals surface area contributed by atoms with Crippen molar-refractivity contribution >= 4 is 11.8 Å². The quantitative estimate of drug-likeness (QED) is 0.622. The van der Waals surface area contributed by atoms with Gasteiger partial charge in [-0.2, -0.15) is 18.4 Å². The van der Waals surface area contributed by atoms with Gasteiger partial charge in [-0.25, -0.2) is 9.37 Å². The van der Waals surface area contributed by atoms with Gasteiger partial charge in [0.05, 0.1) is 22.2 Å². The molecule has 0 aliphatic carbocycles. The summed E-state index contributed by atoms with van der Waals surface area (Å²) >= 11 is 1.10. The Hall–Kier alpha value is -2.07. The normalized spacial score (nSPS) is 11.2. The second-order valence-electron chi connectivity index (χ2n) is 4.09. The number of benzene rings is 1. The van der Waals surface area contributed by atoms with Crippen LogP contribution < -0.4 is 0 Å². The third-order valence-corrected chi connectivity index (χ3v) is 3.61. The van der Waals surface area contributed by atoms with E-state index >= 15 is 0 Å². The average molecular weight is 312 g/mol. The number of hydrogen-bond donors (Lipinski definition) is 0. The van der Waals surface area contributed by atoms with E-state index in [9.17, 15) is 17.6 Å². The van der Waals surface area contributed by atoms with Crippen LogP contribution in [-0.2, 0) is 11.9 Å². The molecular formula is C14H8F4N2S. The first-order valence-electron chi connectivity index (χ1n) is 5.75. The third kappa shape index (κ3) is 3.95. The van der Waals surface area contributed by atoms with Crippen molar-refractivity contribution in [1.82, 2.24) is 4.98 Å². The van der Waals surface area contributed by atoms with Gasteiger partial charge in [-0.15, -0.1) is 11.8 Å². The van der Waals surface area contributed by atoms with Crippen LogP contribution in [0, 0.1) is 17.1 Å². The van der Waals surface area contributed by atoms with E-state index in [-0.39, 0.29) is 5.75 Å². The Balaban J connectivity index is 2.08. The largest absolute Gasteiger partial charge is 0.417 e. The van der Waals surface area contributed by atoms with E-state index in [1.807, 2.05) is 6.07 Å². The summed E-state index contributed by atoms with van der Waals surface area (Å²) in [4.78, 5) is 3.69. The fourth-order valence-corrected chi connectivity index (χ4v) is 2.36. The molecule has 0 saturated carbocycles. The molecule has 0 N–H and O–H groups in total. The third-order valence-electron chi connectivity index (χ3n) is 2.61. The summed E-state index contributed by atoms with van der Waals surface area (Å²) in [5, 5.41) is 9.10. The van der Waals surface area contributed by atoms with Crippen LogP contribution in [0.1, 0.15) is 16.7 Å². The monoisotopic (exact) mass is 312 g/mol. The van der Waals surface area contributed by atoms with Crippen LogP contribution >= 0.6 is 11.8 Å². The van der Waals surface area contributed by atoms with Gasteiger partial charge in [0.1, 0.15) is 5.82 Å². The minimum Gasteiger partial charge on any atom is -0.249 e. The molecule has 0 aliphatic heterocycles. The zero-order valence-electron chi connectivity index (χ0n) is 10.5. The molecule has 0 atom stereocenters. The minimum absolute atomic E-state index is 0.180. The second kappa shape index (κ2) is 6.14. The minimum atomic E-state index is -4.43. The lowest BCUT2D eigenvalue weighted by Crippen LogP contribution is -2.05. The van der Waals surface area contributed by atoms with E-state index in [1.54, 1.807) is 0 Å². The molecule has 7 heteroatoms. The summed E-state index contributed by atoms with van der Waals surface area (Å²) in [6, 6.07) is 8.02. The highest BCUT2D eigenvalue weighted by Crippen LogP contribution is 2.30. The number of thioether (sulfide) groups is 1. The Morgan fingerprint density at radius 3 is 2.52 bits per heavy atom. The van der Waals surface area contributed by atoms with E-state index in [4.69, 9.17) is 5.26 Å². The molecule has 108 valence electrons. The molecule has 2 aromatic rings.